The van der Waals surface area contributed by atoms with Gasteiger partial charge in [0.05, 0.1) is 36.5 Å². The number of hydrogen-bond donors (Lipinski definition) is 2. The number of pyridine rings is 1. The lowest BCUT2D eigenvalue weighted by Crippen LogP contribution is -2.45. The first-order valence-electron chi connectivity index (χ1n) is 11.0. The van der Waals surface area contributed by atoms with E-state index < -0.39 is 0 Å². The van der Waals surface area contributed by atoms with E-state index in [2.05, 4.69) is 20.3 Å². The van der Waals surface area contributed by atoms with Gasteiger partial charge < -0.3 is 20.7 Å². The van der Waals surface area contributed by atoms with Gasteiger partial charge in [-0.3, -0.25) is 9.78 Å². The summed E-state index contributed by atoms with van der Waals surface area (Å²) in [6.07, 6.45) is 3.32. The molecule has 5 heterocycles. The van der Waals surface area contributed by atoms with Crippen LogP contribution in [0.15, 0.2) is 11.2 Å². The minimum atomic E-state index is -0.151. The smallest absolute Gasteiger partial charge is 0.239 e. The highest BCUT2D eigenvalue weighted by Crippen LogP contribution is 2.34. The highest BCUT2D eigenvalue weighted by atomic mass is 32.2. The maximum atomic E-state index is 12.4. The Labute approximate surface area is 196 Å². The lowest BCUT2D eigenvalue weighted by Gasteiger charge is -2.20. The van der Waals surface area contributed by atoms with Crippen molar-refractivity contribution in [3.63, 3.8) is 0 Å². The first-order chi connectivity index (χ1) is 15.9. The van der Waals surface area contributed by atoms with Crippen LogP contribution in [-0.4, -0.2) is 74.1 Å². The number of ether oxygens (including phenoxy) is 1. The van der Waals surface area contributed by atoms with Crippen LogP contribution in [0.2, 0.25) is 0 Å². The maximum absolute atomic E-state index is 12.4. The van der Waals surface area contributed by atoms with Gasteiger partial charge in [-0.1, -0.05) is 0 Å². The molecule has 10 nitrogen and oxygen atoms in total. The molecule has 0 radical (unpaired) electrons. The Hall–Kier alpha value is -2.92. The number of amides is 1. The fourth-order valence-corrected chi connectivity index (χ4v) is 5.78. The molecule has 0 saturated carbocycles. The normalized spacial score (nSPS) is 20.5. The van der Waals surface area contributed by atoms with Crippen molar-refractivity contribution in [1.29, 1.82) is 0 Å². The van der Waals surface area contributed by atoms with E-state index in [0.29, 0.717) is 18.6 Å². The second-order valence-corrected chi connectivity index (χ2v) is 9.72. The van der Waals surface area contributed by atoms with Crippen molar-refractivity contribution in [2.75, 3.05) is 32.2 Å². The van der Waals surface area contributed by atoms with Crippen LogP contribution in [0.4, 0.5) is 5.95 Å². The van der Waals surface area contributed by atoms with Crippen LogP contribution in [-0.2, 0) is 17.8 Å². The lowest BCUT2D eigenvalue weighted by molar-refractivity contribution is -0.128. The number of thioether (sulfide) groups is 1. The van der Waals surface area contributed by atoms with E-state index >= 15 is 0 Å². The van der Waals surface area contributed by atoms with Gasteiger partial charge in [-0.25, -0.2) is 9.67 Å². The highest BCUT2D eigenvalue weighted by molar-refractivity contribution is 7.99. The molecule has 2 aliphatic heterocycles. The van der Waals surface area contributed by atoms with Crippen LogP contribution in [0, 0.1) is 13.8 Å². The number of methoxy groups -OCH3 is 1. The molecule has 3 N–H and O–H groups in total. The van der Waals surface area contributed by atoms with Crippen molar-refractivity contribution in [3.8, 4) is 5.75 Å². The highest BCUT2D eigenvalue weighted by Gasteiger charge is 2.33. The summed E-state index contributed by atoms with van der Waals surface area (Å²) in [4.78, 5) is 27.8. The van der Waals surface area contributed by atoms with Crippen LogP contribution in [0.3, 0.4) is 0 Å². The van der Waals surface area contributed by atoms with Crippen LogP contribution < -0.4 is 15.8 Å². The van der Waals surface area contributed by atoms with Gasteiger partial charge in [0.25, 0.3) is 0 Å². The van der Waals surface area contributed by atoms with Gasteiger partial charge >= 0.3 is 0 Å². The zero-order chi connectivity index (χ0) is 23.3. The molecule has 3 aromatic rings. The number of rotatable bonds is 5. The second-order valence-electron chi connectivity index (χ2n) is 8.72. The van der Waals surface area contributed by atoms with Gasteiger partial charge in [0.2, 0.25) is 11.9 Å². The molecule has 1 saturated heterocycles. The Balaban J connectivity index is 1.49. The third-order valence-electron chi connectivity index (χ3n) is 6.42. The molecule has 33 heavy (non-hydrogen) atoms. The van der Waals surface area contributed by atoms with Crippen molar-refractivity contribution in [2.24, 2.45) is 0 Å². The summed E-state index contributed by atoms with van der Waals surface area (Å²) in [5.74, 6) is 1.99. The molecule has 5 rings (SSSR count). The molecule has 11 heteroatoms. The van der Waals surface area contributed by atoms with Crippen molar-refractivity contribution in [1.82, 2.24) is 34.9 Å². The third-order valence-corrected chi connectivity index (χ3v) is 7.56. The van der Waals surface area contributed by atoms with Crippen molar-refractivity contribution >= 4 is 34.7 Å². The molecule has 1 unspecified atom stereocenters. The zero-order valence-corrected chi connectivity index (χ0v) is 20.1. The van der Waals surface area contributed by atoms with Gasteiger partial charge in [-0.15, -0.1) is 11.8 Å². The van der Waals surface area contributed by atoms with Gasteiger partial charge in [-0.05, 0) is 20.3 Å². The van der Waals surface area contributed by atoms with Crippen molar-refractivity contribution in [2.45, 2.75) is 50.3 Å². The van der Waals surface area contributed by atoms with Crippen LogP contribution >= 0.6 is 11.8 Å². The number of likely N-dealkylation sites (tertiary alicyclic amines) is 1. The number of hydrogen-bond acceptors (Lipinski definition) is 9. The SMILES string of the molecule is COc1c(C)cnc(Cn2nc3c4c(nc(N)nc42)SCC(N[C@@H]2CCN(C)C2=O)C3)c1C. The number of nitrogens with zero attached hydrogens (tertiary/aromatic N) is 6. The summed E-state index contributed by atoms with van der Waals surface area (Å²) in [6.45, 7) is 5.21. The van der Waals surface area contributed by atoms with Gasteiger partial charge in [-0.2, -0.15) is 10.1 Å². The van der Waals surface area contributed by atoms with Crippen LogP contribution in [0.5, 0.6) is 5.75 Å². The molecule has 1 amide bonds. The predicted molar refractivity (Wildman–Crippen MR) is 126 cm³/mol. The summed E-state index contributed by atoms with van der Waals surface area (Å²) in [6, 6.07) is -0.0563. The molecular formula is C22H28N8O2S. The predicted octanol–water partition coefficient (Wildman–Crippen LogP) is 1.31. The van der Waals surface area contributed by atoms with E-state index in [1.165, 1.54) is 0 Å². The van der Waals surface area contributed by atoms with E-state index in [0.717, 1.165) is 57.4 Å². The van der Waals surface area contributed by atoms with Gasteiger partial charge in [0, 0.05) is 49.1 Å². The number of anilines is 1. The summed E-state index contributed by atoms with van der Waals surface area (Å²) < 4.78 is 7.42. The molecular weight excluding hydrogens is 440 g/mol. The number of carbonyl (C=O) groups excluding carboxylic acids is 1. The van der Waals surface area contributed by atoms with Crippen LogP contribution in [0.1, 0.15) is 28.9 Å². The minimum absolute atomic E-state index is 0.0942. The Bertz CT molecular complexity index is 1240. The standard InChI is InChI=1S/C22H28N8O2S/c1-11-8-24-16(12(2)18(11)32-4)9-30-19-17-15(28-30)7-13(10-33-20(17)27-22(23)26-19)25-14-5-6-29(3)21(14)31/h8,13-14,25H,5-7,9-10H2,1-4H3,(H2,23,26,27)/t13?,14-/m1/s1. The number of aromatic nitrogens is 5. The van der Waals surface area contributed by atoms with E-state index in [-0.39, 0.29) is 23.9 Å². The summed E-state index contributed by atoms with van der Waals surface area (Å²) in [5, 5.41) is 10.2. The van der Waals surface area contributed by atoms with Gasteiger partial charge in [0.1, 0.15) is 10.8 Å². The number of likely N-dealkylation sites (N-methyl/N-ethyl adjacent to an activating group) is 1. The molecule has 0 spiro atoms. The Morgan fingerprint density at radius 2 is 2.15 bits per heavy atom. The maximum Gasteiger partial charge on any atom is 0.239 e. The number of aryl methyl sites for hydroxylation is 1. The minimum Gasteiger partial charge on any atom is -0.496 e. The summed E-state index contributed by atoms with van der Waals surface area (Å²) in [7, 11) is 3.52. The molecule has 0 aromatic carbocycles. The fourth-order valence-electron chi connectivity index (χ4n) is 4.70. The van der Waals surface area contributed by atoms with E-state index in [1.807, 2.05) is 31.8 Å². The van der Waals surface area contributed by atoms with Crippen molar-refractivity contribution < 1.29 is 9.53 Å². The number of nitrogens with two attached hydrogens (primary N) is 1. The van der Waals surface area contributed by atoms with E-state index in [9.17, 15) is 4.79 Å². The lowest BCUT2D eigenvalue weighted by atomic mass is 10.1. The van der Waals surface area contributed by atoms with E-state index in [1.54, 1.807) is 23.8 Å². The zero-order valence-electron chi connectivity index (χ0n) is 19.3. The topological polar surface area (TPSA) is 124 Å². The first kappa shape index (κ1) is 21.9. The average Bonchev–Trinajstić information content (AvgIpc) is 3.21. The molecule has 174 valence electrons. The molecule has 2 atom stereocenters. The Morgan fingerprint density at radius 3 is 2.88 bits per heavy atom. The monoisotopic (exact) mass is 468 g/mol. The molecule has 1 fully saturated rings. The summed E-state index contributed by atoms with van der Waals surface area (Å²) in [5.41, 5.74) is 10.5. The fraction of sp³-hybridized carbons (Fsp3) is 0.500. The molecule has 0 bridgehead atoms. The quantitative estimate of drug-likeness (QED) is 0.533. The Kier molecular flexibility index (Phi) is 5.61. The van der Waals surface area contributed by atoms with Crippen molar-refractivity contribution in [3.05, 3.63) is 28.7 Å². The second kappa shape index (κ2) is 8.45. The van der Waals surface area contributed by atoms with Gasteiger partial charge in [0.15, 0.2) is 5.65 Å². The Morgan fingerprint density at radius 1 is 1.33 bits per heavy atom. The van der Waals surface area contributed by atoms with Crippen LogP contribution in [0.25, 0.3) is 11.0 Å². The summed E-state index contributed by atoms with van der Waals surface area (Å²) >= 11 is 1.63. The molecule has 0 aliphatic carbocycles. The van der Waals surface area contributed by atoms with E-state index in [4.69, 9.17) is 15.6 Å². The third kappa shape index (κ3) is 3.89. The molecule has 3 aromatic heterocycles. The largest absolute Gasteiger partial charge is 0.496 e. The number of carbonyl (C=O) groups is 1. The first-order valence-corrected chi connectivity index (χ1v) is 12.0. The number of nitrogen functional groups attached to an aromatic ring is 1. The average molecular weight is 469 g/mol. The molecule has 2 aliphatic rings. The number of nitrogens with one attached hydrogen (secondary N) is 1.